The Morgan fingerprint density at radius 2 is 1.97 bits per heavy atom. The minimum absolute atomic E-state index is 0.0539. The fourth-order valence-corrected chi connectivity index (χ4v) is 4.27. The number of aryl methyl sites for hydroxylation is 2. The summed E-state index contributed by atoms with van der Waals surface area (Å²) in [5.74, 6) is -0.772. The maximum Gasteiger partial charge on any atom is 0.416 e. The number of carbonyl (C=O) groups is 1. The molecule has 7 nitrogen and oxygen atoms in total. The van der Waals surface area contributed by atoms with Crippen molar-refractivity contribution in [3.63, 3.8) is 0 Å². The summed E-state index contributed by atoms with van der Waals surface area (Å²) in [6.45, 7) is -2.13. The summed E-state index contributed by atoms with van der Waals surface area (Å²) in [4.78, 5) is 21.1. The predicted molar refractivity (Wildman–Crippen MR) is 110 cm³/mol. The molecule has 0 bridgehead atoms. The fourth-order valence-electron chi connectivity index (χ4n) is 4.06. The lowest BCUT2D eigenvalue weighted by Gasteiger charge is -2.41. The number of primary amides is 1. The zero-order valence-electron chi connectivity index (χ0n) is 17.0. The summed E-state index contributed by atoms with van der Waals surface area (Å²) in [6.07, 6.45) is -8.12. The number of pyridine rings is 1. The van der Waals surface area contributed by atoms with E-state index >= 15 is 0 Å². The van der Waals surface area contributed by atoms with Crippen molar-refractivity contribution in [3.05, 3.63) is 46.7 Å². The molecule has 3 aromatic rings. The van der Waals surface area contributed by atoms with Gasteiger partial charge in [-0.1, -0.05) is 17.7 Å². The standard InChI is InChI=1S/C20H17ClF5N5O2/c1-9-12(6-5-11(28-9)17(27)32)31-14(16(20(24,25)26)33-18(22)23)7-8-30-13-4-2-3-10(21)15(13)29-19(30)31/h2-6,14,16,18H,7-8H2,1H3,(H2,27,32). The Balaban J connectivity index is 1.94. The number of halogens is 6. The Kier molecular flexibility index (Phi) is 5.91. The van der Waals surface area contributed by atoms with Crippen molar-refractivity contribution in [3.8, 4) is 0 Å². The number of para-hydroxylation sites is 1. The van der Waals surface area contributed by atoms with Crippen LogP contribution in [-0.4, -0.2) is 45.4 Å². The van der Waals surface area contributed by atoms with Crippen LogP contribution in [0.4, 0.5) is 33.6 Å². The highest BCUT2D eigenvalue weighted by molar-refractivity contribution is 6.35. The molecule has 1 aromatic carbocycles. The van der Waals surface area contributed by atoms with E-state index in [1.807, 2.05) is 0 Å². The lowest BCUT2D eigenvalue weighted by Crippen LogP contribution is -2.53. The molecule has 0 saturated carbocycles. The second kappa shape index (κ2) is 8.41. The first-order valence-electron chi connectivity index (χ1n) is 9.70. The molecule has 0 aliphatic carbocycles. The molecule has 2 atom stereocenters. The van der Waals surface area contributed by atoms with Gasteiger partial charge in [0.15, 0.2) is 6.10 Å². The lowest BCUT2D eigenvalue weighted by molar-refractivity contribution is -0.279. The molecule has 2 unspecified atom stereocenters. The quantitative estimate of drug-likeness (QED) is 0.530. The number of ether oxygens (including phenoxy) is 1. The zero-order valence-corrected chi connectivity index (χ0v) is 17.7. The summed E-state index contributed by atoms with van der Waals surface area (Å²) >= 11 is 6.24. The van der Waals surface area contributed by atoms with Crippen molar-refractivity contribution in [1.29, 1.82) is 0 Å². The third-order valence-electron chi connectivity index (χ3n) is 5.40. The summed E-state index contributed by atoms with van der Waals surface area (Å²) < 4.78 is 73.3. The summed E-state index contributed by atoms with van der Waals surface area (Å²) in [5.41, 5.74) is 6.34. The Hall–Kier alpha value is -2.99. The number of hydrogen-bond donors (Lipinski definition) is 1. The molecule has 1 aliphatic heterocycles. The number of aromatic nitrogens is 3. The Morgan fingerprint density at radius 3 is 2.58 bits per heavy atom. The second-order valence-electron chi connectivity index (χ2n) is 7.42. The van der Waals surface area contributed by atoms with Crippen LogP contribution in [0, 0.1) is 6.92 Å². The SMILES string of the molecule is Cc1nc(C(N)=O)ccc1N1c2nc3c(Cl)cccc3n2CCC1C(OC(F)F)C(F)(F)F. The second-order valence-corrected chi connectivity index (χ2v) is 7.83. The Morgan fingerprint density at radius 1 is 1.24 bits per heavy atom. The van der Waals surface area contributed by atoms with E-state index in [0.29, 0.717) is 11.0 Å². The molecule has 3 heterocycles. The highest BCUT2D eigenvalue weighted by atomic mass is 35.5. The average molecular weight is 490 g/mol. The minimum atomic E-state index is -5.10. The van der Waals surface area contributed by atoms with Crippen molar-refractivity contribution < 1.29 is 31.5 Å². The molecule has 1 aliphatic rings. The molecule has 0 radical (unpaired) electrons. The van der Waals surface area contributed by atoms with Crippen LogP contribution in [0.2, 0.25) is 5.02 Å². The maximum atomic E-state index is 13.9. The minimum Gasteiger partial charge on any atom is -0.364 e. The van der Waals surface area contributed by atoms with Crippen LogP contribution in [0.3, 0.4) is 0 Å². The van der Waals surface area contributed by atoms with E-state index < -0.39 is 30.8 Å². The van der Waals surface area contributed by atoms with E-state index in [0.717, 1.165) is 4.90 Å². The number of carbonyl (C=O) groups excluding carboxylic acids is 1. The number of alkyl halides is 5. The molecule has 0 spiro atoms. The Bertz CT molecular complexity index is 1220. The highest BCUT2D eigenvalue weighted by Gasteiger charge is 2.51. The van der Waals surface area contributed by atoms with Gasteiger partial charge >= 0.3 is 12.8 Å². The van der Waals surface area contributed by atoms with E-state index in [2.05, 4.69) is 14.7 Å². The maximum absolute atomic E-state index is 13.9. The van der Waals surface area contributed by atoms with Crippen LogP contribution >= 0.6 is 11.6 Å². The first kappa shape index (κ1) is 23.2. The van der Waals surface area contributed by atoms with Crippen molar-refractivity contribution in [2.24, 2.45) is 5.73 Å². The van der Waals surface area contributed by atoms with Crippen LogP contribution in [0.15, 0.2) is 30.3 Å². The number of imidazole rings is 1. The molecule has 2 aromatic heterocycles. The molecule has 2 N–H and O–H groups in total. The van der Waals surface area contributed by atoms with Crippen LogP contribution in [0.1, 0.15) is 22.6 Å². The van der Waals surface area contributed by atoms with E-state index in [1.165, 1.54) is 19.1 Å². The van der Waals surface area contributed by atoms with Gasteiger partial charge in [0.2, 0.25) is 5.95 Å². The van der Waals surface area contributed by atoms with Crippen LogP contribution < -0.4 is 10.6 Å². The van der Waals surface area contributed by atoms with E-state index in [-0.39, 0.29) is 41.0 Å². The van der Waals surface area contributed by atoms with Crippen LogP contribution in [0.5, 0.6) is 0 Å². The van der Waals surface area contributed by atoms with Gasteiger partial charge < -0.3 is 19.9 Å². The zero-order chi connectivity index (χ0) is 24.1. The summed E-state index contributed by atoms with van der Waals surface area (Å²) in [7, 11) is 0. The number of benzene rings is 1. The van der Waals surface area contributed by atoms with Crippen LogP contribution in [-0.2, 0) is 11.3 Å². The topological polar surface area (TPSA) is 86.3 Å². The van der Waals surface area contributed by atoms with Gasteiger partial charge in [-0.3, -0.25) is 4.79 Å². The van der Waals surface area contributed by atoms with Crippen molar-refractivity contribution >= 4 is 40.2 Å². The molecule has 33 heavy (non-hydrogen) atoms. The smallest absolute Gasteiger partial charge is 0.364 e. The summed E-state index contributed by atoms with van der Waals surface area (Å²) in [5, 5.41) is 0.279. The number of nitrogens with two attached hydrogens (primary N) is 1. The van der Waals surface area contributed by atoms with Gasteiger partial charge in [-0.2, -0.15) is 22.0 Å². The third-order valence-corrected chi connectivity index (χ3v) is 5.70. The number of fused-ring (bicyclic) bond motifs is 3. The monoisotopic (exact) mass is 489 g/mol. The van der Waals surface area contributed by atoms with Gasteiger partial charge in [-0.25, -0.2) is 9.97 Å². The number of amides is 1. The van der Waals surface area contributed by atoms with E-state index in [1.54, 1.807) is 22.8 Å². The number of anilines is 2. The largest absolute Gasteiger partial charge is 0.416 e. The average Bonchev–Trinajstić information content (AvgIpc) is 3.11. The molecular formula is C20H17ClF5N5O2. The summed E-state index contributed by atoms with van der Waals surface area (Å²) in [6, 6.07) is 5.95. The first-order chi connectivity index (χ1) is 15.5. The van der Waals surface area contributed by atoms with E-state index in [9.17, 15) is 26.7 Å². The van der Waals surface area contributed by atoms with Gasteiger partial charge in [0.1, 0.15) is 11.2 Å². The van der Waals surface area contributed by atoms with Crippen molar-refractivity contribution in [1.82, 2.24) is 14.5 Å². The molecular weight excluding hydrogens is 473 g/mol. The van der Waals surface area contributed by atoms with Gasteiger partial charge in [0.05, 0.1) is 28.0 Å². The van der Waals surface area contributed by atoms with Gasteiger partial charge in [-0.05, 0) is 37.6 Å². The van der Waals surface area contributed by atoms with Gasteiger partial charge in [-0.15, -0.1) is 0 Å². The molecule has 0 fully saturated rings. The fraction of sp³-hybridized carbons (Fsp3) is 0.350. The van der Waals surface area contributed by atoms with E-state index in [4.69, 9.17) is 17.3 Å². The molecule has 1 amide bonds. The first-order valence-corrected chi connectivity index (χ1v) is 10.1. The van der Waals surface area contributed by atoms with Gasteiger partial charge in [0, 0.05) is 6.54 Å². The molecule has 0 saturated heterocycles. The van der Waals surface area contributed by atoms with Crippen LogP contribution in [0.25, 0.3) is 11.0 Å². The number of rotatable bonds is 5. The van der Waals surface area contributed by atoms with Crippen molar-refractivity contribution in [2.75, 3.05) is 4.90 Å². The lowest BCUT2D eigenvalue weighted by atomic mass is 10.0. The van der Waals surface area contributed by atoms with Gasteiger partial charge in [0.25, 0.3) is 5.91 Å². The molecule has 176 valence electrons. The predicted octanol–water partition coefficient (Wildman–Crippen LogP) is 4.57. The third kappa shape index (κ3) is 4.20. The highest BCUT2D eigenvalue weighted by Crippen LogP contribution is 2.42. The normalized spacial score (nSPS) is 17.5. The molecule has 13 heteroatoms. The number of hydrogen-bond acceptors (Lipinski definition) is 5. The Labute approximate surface area is 188 Å². The number of nitrogens with zero attached hydrogens (tertiary/aromatic N) is 4. The van der Waals surface area contributed by atoms with Crippen molar-refractivity contribution in [2.45, 2.75) is 44.8 Å². The molecule has 4 rings (SSSR count).